The molecule has 1 aromatic carbocycles. The molecule has 0 bridgehead atoms. The van der Waals surface area contributed by atoms with Crippen LogP contribution in [0.1, 0.15) is 5.56 Å². The molecule has 1 aromatic heterocycles. The molecule has 4 nitrogen and oxygen atoms in total. The van der Waals surface area contributed by atoms with E-state index in [1.165, 1.54) is 19.4 Å². The quantitative estimate of drug-likeness (QED) is 0.897. The predicted octanol–water partition coefficient (Wildman–Crippen LogP) is 2.01. The van der Waals surface area contributed by atoms with Crippen molar-refractivity contribution in [3.05, 3.63) is 42.0 Å². The van der Waals surface area contributed by atoms with Gasteiger partial charge in [-0.2, -0.15) is 0 Å². The molecule has 2 aromatic rings. The molecule has 0 aliphatic rings. The second-order valence-corrected chi connectivity index (χ2v) is 3.75. The Bertz CT molecular complexity index is 546. The summed E-state index contributed by atoms with van der Waals surface area (Å²) in [5, 5.41) is 2.91. The Morgan fingerprint density at radius 2 is 2.06 bits per heavy atom. The number of halogens is 1. The van der Waals surface area contributed by atoms with E-state index in [1.54, 1.807) is 19.3 Å². The Morgan fingerprint density at radius 1 is 1.28 bits per heavy atom. The van der Waals surface area contributed by atoms with E-state index in [-0.39, 0.29) is 5.82 Å². The molecule has 5 heteroatoms. The highest BCUT2D eigenvalue weighted by atomic mass is 19.1. The third-order valence-corrected chi connectivity index (χ3v) is 2.55. The van der Waals surface area contributed by atoms with E-state index < -0.39 is 0 Å². The summed E-state index contributed by atoms with van der Waals surface area (Å²) < 4.78 is 18.9. The standard InChI is InChI=1S/C13H14FN3O/c1-15-8-10-4-3-9(7-11(10)14)12-13(18-2)17-6-5-16-12/h3-7,15H,8H2,1-2H3. The largest absolute Gasteiger partial charge is 0.479 e. The van der Waals surface area contributed by atoms with Gasteiger partial charge in [-0.3, -0.25) is 0 Å². The number of nitrogens with one attached hydrogen (secondary N) is 1. The number of methoxy groups -OCH3 is 1. The first-order valence-electron chi connectivity index (χ1n) is 5.54. The molecule has 0 saturated carbocycles. The van der Waals surface area contributed by atoms with Crippen LogP contribution in [0, 0.1) is 5.82 Å². The Balaban J connectivity index is 2.42. The summed E-state index contributed by atoms with van der Waals surface area (Å²) in [6.07, 6.45) is 3.09. The SMILES string of the molecule is CNCc1ccc(-c2nccnc2OC)cc1F. The van der Waals surface area contributed by atoms with Gasteiger partial charge in [0.2, 0.25) is 5.88 Å². The van der Waals surface area contributed by atoms with Crippen molar-refractivity contribution >= 4 is 0 Å². The number of ether oxygens (including phenoxy) is 1. The van der Waals surface area contributed by atoms with Gasteiger partial charge in [0.25, 0.3) is 0 Å². The maximum atomic E-state index is 13.8. The van der Waals surface area contributed by atoms with Gasteiger partial charge in [0.05, 0.1) is 7.11 Å². The molecule has 0 aliphatic carbocycles. The number of benzene rings is 1. The van der Waals surface area contributed by atoms with Crippen LogP contribution in [0.4, 0.5) is 4.39 Å². The summed E-state index contributed by atoms with van der Waals surface area (Å²) in [6, 6.07) is 4.98. The van der Waals surface area contributed by atoms with E-state index in [0.29, 0.717) is 29.2 Å². The summed E-state index contributed by atoms with van der Waals surface area (Å²) in [4.78, 5) is 8.21. The van der Waals surface area contributed by atoms with Gasteiger partial charge in [0.15, 0.2) is 0 Å². The van der Waals surface area contributed by atoms with Gasteiger partial charge in [0.1, 0.15) is 11.5 Å². The lowest BCUT2D eigenvalue weighted by molar-refractivity contribution is 0.397. The Labute approximate surface area is 105 Å². The minimum absolute atomic E-state index is 0.269. The fraction of sp³-hybridized carbons (Fsp3) is 0.231. The summed E-state index contributed by atoms with van der Waals surface area (Å²) in [6.45, 7) is 0.490. The molecule has 0 fully saturated rings. The average molecular weight is 247 g/mol. The first kappa shape index (κ1) is 12.4. The fourth-order valence-corrected chi connectivity index (χ4v) is 1.70. The number of nitrogens with zero attached hydrogens (tertiary/aromatic N) is 2. The van der Waals surface area contributed by atoms with Crippen LogP contribution in [-0.2, 0) is 6.54 Å². The van der Waals surface area contributed by atoms with E-state index in [0.717, 1.165) is 0 Å². The monoisotopic (exact) mass is 247 g/mol. The van der Waals surface area contributed by atoms with Crippen LogP contribution >= 0.6 is 0 Å². The normalized spacial score (nSPS) is 10.4. The van der Waals surface area contributed by atoms with Crippen molar-refractivity contribution in [2.75, 3.05) is 14.2 Å². The number of hydrogen-bond acceptors (Lipinski definition) is 4. The molecule has 0 radical (unpaired) electrons. The summed E-state index contributed by atoms with van der Waals surface area (Å²) in [7, 11) is 3.29. The van der Waals surface area contributed by atoms with E-state index in [4.69, 9.17) is 4.74 Å². The van der Waals surface area contributed by atoms with Crippen LogP contribution in [-0.4, -0.2) is 24.1 Å². The zero-order valence-electron chi connectivity index (χ0n) is 10.3. The van der Waals surface area contributed by atoms with E-state index >= 15 is 0 Å². The molecule has 18 heavy (non-hydrogen) atoms. The number of rotatable bonds is 4. The first-order valence-corrected chi connectivity index (χ1v) is 5.54. The maximum Gasteiger partial charge on any atom is 0.240 e. The minimum Gasteiger partial charge on any atom is -0.479 e. The minimum atomic E-state index is -0.269. The van der Waals surface area contributed by atoms with Gasteiger partial charge in [0, 0.05) is 30.1 Å². The van der Waals surface area contributed by atoms with Crippen LogP contribution in [0.15, 0.2) is 30.6 Å². The molecule has 0 spiro atoms. The third kappa shape index (κ3) is 2.46. The van der Waals surface area contributed by atoms with Crippen LogP contribution < -0.4 is 10.1 Å². The topological polar surface area (TPSA) is 47.0 Å². The first-order chi connectivity index (χ1) is 8.76. The summed E-state index contributed by atoms with van der Waals surface area (Å²) in [5.41, 5.74) is 1.80. The summed E-state index contributed by atoms with van der Waals surface area (Å²) in [5.74, 6) is 0.118. The van der Waals surface area contributed by atoms with Crippen LogP contribution in [0.25, 0.3) is 11.3 Å². The van der Waals surface area contributed by atoms with E-state index in [2.05, 4.69) is 15.3 Å². The van der Waals surface area contributed by atoms with Crippen LogP contribution in [0.3, 0.4) is 0 Å². The lowest BCUT2D eigenvalue weighted by Gasteiger charge is -2.08. The molecular weight excluding hydrogens is 233 g/mol. The van der Waals surface area contributed by atoms with Crippen molar-refractivity contribution in [3.63, 3.8) is 0 Å². The molecule has 0 aliphatic heterocycles. The van der Waals surface area contributed by atoms with Crippen LogP contribution in [0.5, 0.6) is 5.88 Å². The Hall–Kier alpha value is -2.01. The van der Waals surface area contributed by atoms with E-state index in [9.17, 15) is 4.39 Å². The molecule has 94 valence electrons. The lowest BCUT2D eigenvalue weighted by Crippen LogP contribution is -2.07. The average Bonchev–Trinajstić information content (AvgIpc) is 2.41. The van der Waals surface area contributed by atoms with Crippen molar-refractivity contribution < 1.29 is 9.13 Å². The number of aromatic nitrogens is 2. The van der Waals surface area contributed by atoms with Gasteiger partial charge < -0.3 is 10.1 Å². The molecule has 0 unspecified atom stereocenters. The van der Waals surface area contributed by atoms with Crippen LogP contribution in [0.2, 0.25) is 0 Å². The highest BCUT2D eigenvalue weighted by molar-refractivity contribution is 5.64. The van der Waals surface area contributed by atoms with Gasteiger partial charge in [-0.05, 0) is 13.1 Å². The summed E-state index contributed by atoms with van der Waals surface area (Å²) >= 11 is 0. The molecule has 0 saturated heterocycles. The molecule has 1 heterocycles. The zero-order valence-corrected chi connectivity index (χ0v) is 10.3. The molecule has 0 amide bonds. The van der Waals surface area contributed by atoms with Crippen molar-refractivity contribution in [3.8, 4) is 17.1 Å². The van der Waals surface area contributed by atoms with Gasteiger partial charge in [-0.15, -0.1) is 0 Å². The van der Waals surface area contributed by atoms with Crippen molar-refractivity contribution in [2.24, 2.45) is 0 Å². The molecule has 2 rings (SSSR count). The maximum absolute atomic E-state index is 13.8. The highest BCUT2D eigenvalue weighted by Gasteiger charge is 2.10. The highest BCUT2D eigenvalue weighted by Crippen LogP contribution is 2.26. The second kappa shape index (κ2) is 5.55. The van der Waals surface area contributed by atoms with Gasteiger partial charge in [-0.25, -0.2) is 14.4 Å². The Kier molecular flexibility index (Phi) is 3.84. The molecule has 0 atom stereocenters. The second-order valence-electron chi connectivity index (χ2n) is 3.75. The predicted molar refractivity (Wildman–Crippen MR) is 66.7 cm³/mol. The van der Waals surface area contributed by atoms with Gasteiger partial charge in [-0.1, -0.05) is 12.1 Å². The third-order valence-electron chi connectivity index (χ3n) is 2.55. The molecular formula is C13H14FN3O. The number of hydrogen-bond donors (Lipinski definition) is 1. The smallest absolute Gasteiger partial charge is 0.240 e. The molecule has 1 N–H and O–H groups in total. The van der Waals surface area contributed by atoms with Crippen molar-refractivity contribution in [1.82, 2.24) is 15.3 Å². The lowest BCUT2D eigenvalue weighted by atomic mass is 10.1. The fourth-order valence-electron chi connectivity index (χ4n) is 1.70. The van der Waals surface area contributed by atoms with Gasteiger partial charge >= 0.3 is 0 Å². The zero-order chi connectivity index (χ0) is 13.0. The van der Waals surface area contributed by atoms with E-state index in [1.807, 2.05) is 6.07 Å². The Morgan fingerprint density at radius 3 is 2.72 bits per heavy atom. The van der Waals surface area contributed by atoms with Crippen molar-refractivity contribution in [1.29, 1.82) is 0 Å². The van der Waals surface area contributed by atoms with Crippen molar-refractivity contribution in [2.45, 2.75) is 6.54 Å².